The predicted molar refractivity (Wildman–Crippen MR) is 120 cm³/mol. The van der Waals surface area contributed by atoms with Gasteiger partial charge in [0.1, 0.15) is 11.4 Å². The number of amides is 1. The van der Waals surface area contributed by atoms with Crippen molar-refractivity contribution in [1.82, 2.24) is 24.8 Å². The van der Waals surface area contributed by atoms with E-state index in [-0.39, 0.29) is 17.5 Å². The summed E-state index contributed by atoms with van der Waals surface area (Å²) in [6.45, 7) is 0.906. The fraction of sp³-hybridized carbons (Fsp3) is 0.208. The van der Waals surface area contributed by atoms with Crippen molar-refractivity contribution < 1.29 is 19.4 Å². The maximum Gasteiger partial charge on any atom is 0.407 e. The second-order valence-corrected chi connectivity index (χ2v) is 7.85. The van der Waals surface area contributed by atoms with Crippen molar-refractivity contribution in [1.29, 1.82) is 0 Å². The Balaban J connectivity index is 1.31. The Morgan fingerprint density at radius 3 is 2.45 bits per heavy atom. The zero-order chi connectivity index (χ0) is 22.8. The van der Waals surface area contributed by atoms with Gasteiger partial charge < -0.3 is 19.7 Å². The highest BCUT2D eigenvalue weighted by Crippen LogP contribution is 2.33. The van der Waals surface area contributed by atoms with Gasteiger partial charge in [0.2, 0.25) is 11.7 Å². The molecular formula is C24H21N5O4. The van der Waals surface area contributed by atoms with Crippen LogP contribution in [0.1, 0.15) is 40.6 Å². The number of ketones is 1. The van der Waals surface area contributed by atoms with Gasteiger partial charge in [0.05, 0.1) is 11.0 Å². The van der Waals surface area contributed by atoms with Crippen LogP contribution in [0.3, 0.4) is 0 Å². The lowest BCUT2D eigenvalue weighted by molar-refractivity contribution is 0.103. The molecule has 1 aliphatic heterocycles. The van der Waals surface area contributed by atoms with Crippen molar-refractivity contribution in [2.24, 2.45) is 0 Å². The first-order valence-electron chi connectivity index (χ1n) is 10.6. The molecule has 9 nitrogen and oxygen atoms in total. The van der Waals surface area contributed by atoms with Gasteiger partial charge in [-0.15, -0.1) is 0 Å². The van der Waals surface area contributed by atoms with Crippen LogP contribution in [-0.4, -0.2) is 54.9 Å². The summed E-state index contributed by atoms with van der Waals surface area (Å²) in [7, 11) is 0. The highest BCUT2D eigenvalue weighted by atomic mass is 16.5. The van der Waals surface area contributed by atoms with E-state index in [2.05, 4.69) is 19.9 Å². The van der Waals surface area contributed by atoms with Gasteiger partial charge in [-0.25, -0.2) is 14.8 Å². The van der Waals surface area contributed by atoms with Crippen molar-refractivity contribution in [3.63, 3.8) is 0 Å². The molecule has 4 aromatic rings. The number of carboxylic acid groups (broad SMARTS) is 1. The third-order valence-electron chi connectivity index (χ3n) is 5.78. The average Bonchev–Trinajstić information content (AvgIpc) is 3.29. The highest BCUT2D eigenvalue weighted by Gasteiger charge is 2.27. The molecule has 2 N–H and O–H groups in total. The molecule has 1 aliphatic rings. The summed E-state index contributed by atoms with van der Waals surface area (Å²) in [5.74, 6) is 1.07. The molecule has 0 radical (unpaired) electrons. The van der Waals surface area contributed by atoms with Gasteiger partial charge in [-0.2, -0.15) is 0 Å². The summed E-state index contributed by atoms with van der Waals surface area (Å²) >= 11 is 0. The first kappa shape index (κ1) is 20.6. The third kappa shape index (κ3) is 4.25. The molecule has 0 aliphatic carbocycles. The Bertz CT molecular complexity index is 1280. The Kier molecular flexibility index (Phi) is 5.43. The lowest BCUT2D eigenvalue weighted by Gasteiger charge is -2.29. The highest BCUT2D eigenvalue weighted by molar-refractivity contribution is 6.08. The summed E-state index contributed by atoms with van der Waals surface area (Å²) in [5.41, 5.74) is 2.75. The number of para-hydroxylation sites is 2. The number of imidazole rings is 1. The molecule has 166 valence electrons. The lowest BCUT2D eigenvalue weighted by atomic mass is 9.93. The average molecular weight is 443 g/mol. The summed E-state index contributed by atoms with van der Waals surface area (Å²) in [4.78, 5) is 41.6. The smallest absolute Gasteiger partial charge is 0.407 e. The van der Waals surface area contributed by atoms with Crippen molar-refractivity contribution in [2.45, 2.75) is 18.8 Å². The first-order chi connectivity index (χ1) is 16.1. The van der Waals surface area contributed by atoms with E-state index < -0.39 is 6.09 Å². The summed E-state index contributed by atoms with van der Waals surface area (Å²) in [6.07, 6.45) is 3.59. The first-order valence-corrected chi connectivity index (χ1v) is 10.6. The van der Waals surface area contributed by atoms with E-state index in [9.17, 15) is 9.59 Å². The molecule has 2 aromatic carbocycles. The van der Waals surface area contributed by atoms with Gasteiger partial charge in [0.25, 0.3) is 0 Å². The number of hydrogen-bond acceptors (Lipinski definition) is 6. The van der Waals surface area contributed by atoms with E-state index in [1.54, 1.807) is 36.7 Å². The van der Waals surface area contributed by atoms with E-state index in [0.717, 1.165) is 11.0 Å². The van der Waals surface area contributed by atoms with Crippen LogP contribution in [0.25, 0.3) is 11.0 Å². The number of aromatic amines is 1. The van der Waals surface area contributed by atoms with Crippen LogP contribution < -0.4 is 4.74 Å². The largest absolute Gasteiger partial charge is 0.465 e. The maximum atomic E-state index is 12.8. The molecule has 0 saturated carbocycles. The van der Waals surface area contributed by atoms with Crippen molar-refractivity contribution >= 4 is 22.9 Å². The minimum absolute atomic E-state index is 0.0678. The molecule has 9 heteroatoms. The summed E-state index contributed by atoms with van der Waals surface area (Å²) in [5, 5.41) is 9.16. The molecular weight excluding hydrogens is 422 g/mol. The SMILES string of the molecule is O=C(c1ccc(Oc2nccnc2C2CCN(C(=O)O)CC2)cc1)c1nc2ccccc2[nH]1. The van der Waals surface area contributed by atoms with E-state index >= 15 is 0 Å². The van der Waals surface area contributed by atoms with Crippen molar-refractivity contribution in [3.8, 4) is 11.6 Å². The zero-order valence-corrected chi connectivity index (χ0v) is 17.6. The molecule has 1 saturated heterocycles. The van der Waals surface area contributed by atoms with E-state index in [4.69, 9.17) is 9.84 Å². The number of fused-ring (bicyclic) bond motifs is 1. The van der Waals surface area contributed by atoms with Gasteiger partial charge in [-0.3, -0.25) is 9.78 Å². The normalized spacial score (nSPS) is 14.4. The van der Waals surface area contributed by atoms with Crippen molar-refractivity contribution in [2.75, 3.05) is 13.1 Å². The predicted octanol–water partition coefficient (Wildman–Crippen LogP) is 4.23. The molecule has 5 rings (SSSR count). The molecule has 1 fully saturated rings. The number of benzene rings is 2. The van der Waals surface area contributed by atoms with E-state index in [0.29, 0.717) is 48.8 Å². The fourth-order valence-corrected chi connectivity index (χ4v) is 4.02. The Morgan fingerprint density at radius 2 is 1.73 bits per heavy atom. The zero-order valence-electron chi connectivity index (χ0n) is 17.6. The minimum Gasteiger partial charge on any atom is -0.465 e. The second kappa shape index (κ2) is 8.70. The number of nitrogens with one attached hydrogen (secondary N) is 1. The number of likely N-dealkylation sites (tertiary alicyclic amines) is 1. The van der Waals surface area contributed by atoms with Crippen LogP contribution in [0, 0.1) is 0 Å². The molecule has 33 heavy (non-hydrogen) atoms. The Labute approximate surface area is 189 Å². The number of aromatic nitrogens is 4. The number of H-pyrrole nitrogens is 1. The lowest BCUT2D eigenvalue weighted by Crippen LogP contribution is -2.37. The second-order valence-electron chi connectivity index (χ2n) is 7.85. The summed E-state index contributed by atoms with van der Waals surface area (Å²) < 4.78 is 5.99. The number of piperidine rings is 1. The van der Waals surface area contributed by atoms with E-state index in [1.165, 1.54) is 4.90 Å². The van der Waals surface area contributed by atoms with Crippen LogP contribution >= 0.6 is 0 Å². The molecule has 0 bridgehead atoms. The Hall–Kier alpha value is -4.27. The monoisotopic (exact) mass is 443 g/mol. The van der Waals surface area contributed by atoms with Crippen LogP contribution in [0.2, 0.25) is 0 Å². The molecule has 0 unspecified atom stereocenters. The van der Waals surface area contributed by atoms with Gasteiger partial charge in [0, 0.05) is 37.0 Å². The molecule has 0 atom stereocenters. The molecule has 0 spiro atoms. The van der Waals surface area contributed by atoms with Gasteiger partial charge in [-0.05, 0) is 49.2 Å². The molecule has 1 amide bonds. The quantitative estimate of drug-likeness (QED) is 0.443. The summed E-state index contributed by atoms with van der Waals surface area (Å²) in [6, 6.07) is 14.3. The molecule has 2 aromatic heterocycles. The van der Waals surface area contributed by atoms with Crippen LogP contribution in [0.5, 0.6) is 11.6 Å². The molecule has 3 heterocycles. The minimum atomic E-state index is -0.902. The van der Waals surface area contributed by atoms with Gasteiger partial charge in [0.15, 0.2) is 5.82 Å². The number of hydrogen-bond donors (Lipinski definition) is 2. The van der Waals surface area contributed by atoms with Crippen LogP contribution in [0.4, 0.5) is 4.79 Å². The van der Waals surface area contributed by atoms with Crippen molar-refractivity contribution in [3.05, 3.63) is 78.0 Å². The number of carbonyl (C=O) groups is 2. The van der Waals surface area contributed by atoms with Gasteiger partial charge >= 0.3 is 6.09 Å². The number of nitrogens with zero attached hydrogens (tertiary/aromatic N) is 4. The number of rotatable bonds is 5. The van der Waals surface area contributed by atoms with Crippen LogP contribution in [-0.2, 0) is 0 Å². The topological polar surface area (TPSA) is 121 Å². The van der Waals surface area contributed by atoms with E-state index in [1.807, 2.05) is 24.3 Å². The standard InChI is InChI=1S/C24H21N5O4/c30-21(22-27-18-3-1-2-4-19(18)28-22)16-5-7-17(8-6-16)33-23-20(25-11-12-26-23)15-9-13-29(14-10-15)24(31)32/h1-8,11-12,15H,9-10,13-14H2,(H,27,28)(H,31,32). The van der Waals surface area contributed by atoms with Gasteiger partial charge in [-0.1, -0.05) is 12.1 Å². The number of ether oxygens (including phenoxy) is 1. The van der Waals surface area contributed by atoms with Crippen LogP contribution in [0.15, 0.2) is 60.9 Å². The number of carbonyl (C=O) groups excluding carboxylic acids is 1. The third-order valence-corrected chi connectivity index (χ3v) is 5.78. The maximum absolute atomic E-state index is 12.8. The fourth-order valence-electron chi connectivity index (χ4n) is 4.02. The Morgan fingerprint density at radius 1 is 1.00 bits per heavy atom.